The molecule has 0 spiro atoms. The number of hydrogen-bond acceptors (Lipinski definition) is 5. The van der Waals surface area contributed by atoms with Crippen LogP contribution in [0.4, 0.5) is 5.82 Å². The van der Waals surface area contributed by atoms with Gasteiger partial charge in [-0.1, -0.05) is 0 Å². The lowest BCUT2D eigenvalue weighted by atomic mass is 9.98. The van der Waals surface area contributed by atoms with E-state index < -0.39 is 0 Å². The number of aryl methyl sites for hydroxylation is 1. The van der Waals surface area contributed by atoms with Gasteiger partial charge in [-0.3, -0.25) is 4.98 Å². The zero-order valence-electron chi connectivity index (χ0n) is 14.8. The fourth-order valence-electron chi connectivity index (χ4n) is 3.23. The lowest BCUT2D eigenvalue weighted by Gasteiger charge is -2.34. The minimum atomic E-state index is 0.581. The van der Waals surface area contributed by atoms with Crippen molar-refractivity contribution < 1.29 is 4.74 Å². The van der Waals surface area contributed by atoms with E-state index in [1.807, 2.05) is 12.1 Å². The van der Waals surface area contributed by atoms with Crippen LogP contribution in [0.15, 0.2) is 24.5 Å². The number of hydrogen-bond donors (Lipinski definition) is 0. The summed E-state index contributed by atoms with van der Waals surface area (Å²) >= 11 is 0. The summed E-state index contributed by atoms with van der Waals surface area (Å²) in [6, 6.07) is 3.92. The van der Waals surface area contributed by atoms with E-state index in [9.17, 15) is 0 Å². The van der Waals surface area contributed by atoms with Gasteiger partial charge in [0.25, 0.3) is 0 Å². The highest BCUT2D eigenvalue weighted by atomic mass is 16.5. The maximum absolute atomic E-state index is 5.64. The summed E-state index contributed by atoms with van der Waals surface area (Å²) in [7, 11) is 0. The van der Waals surface area contributed by atoms with E-state index in [0.29, 0.717) is 5.92 Å². The third-order valence-corrected chi connectivity index (χ3v) is 4.68. The molecule has 0 radical (unpaired) electrons. The molecule has 0 amide bonds. The van der Waals surface area contributed by atoms with E-state index in [1.54, 1.807) is 12.4 Å². The number of nitrogens with zero attached hydrogens (tertiary/aromatic N) is 4. The molecule has 1 saturated heterocycles. The van der Waals surface area contributed by atoms with Gasteiger partial charge >= 0.3 is 0 Å². The van der Waals surface area contributed by atoms with Gasteiger partial charge in [-0.2, -0.15) is 0 Å². The average molecular weight is 326 g/mol. The average Bonchev–Trinajstić information content (AvgIpc) is 2.63. The summed E-state index contributed by atoms with van der Waals surface area (Å²) in [6.07, 6.45) is 5.99. The smallest absolute Gasteiger partial charge is 0.161 e. The van der Waals surface area contributed by atoms with Gasteiger partial charge in [0.2, 0.25) is 0 Å². The van der Waals surface area contributed by atoms with Gasteiger partial charge in [-0.25, -0.2) is 9.97 Å². The third-order valence-electron chi connectivity index (χ3n) is 4.68. The predicted octanol–water partition coefficient (Wildman–Crippen LogP) is 3.41. The standard InChI is InChI=1S/C19H26N4O/c1-4-24-13-16-6-5-11-23(12-16)19-14(2)15(3)21-18(22-19)17-7-9-20-10-8-17/h7-10,16H,4-6,11-13H2,1-3H3. The largest absolute Gasteiger partial charge is 0.381 e. The number of aromatic nitrogens is 3. The molecular formula is C19H26N4O. The van der Waals surface area contributed by atoms with Gasteiger partial charge in [-0.05, 0) is 51.7 Å². The van der Waals surface area contributed by atoms with E-state index in [0.717, 1.165) is 49.2 Å². The normalized spacial score (nSPS) is 18.0. The first-order valence-corrected chi connectivity index (χ1v) is 8.77. The molecule has 2 aromatic heterocycles. The van der Waals surface area contributed by atoms with Gasteiger partial charge in [-0.15, -0.1) is 0 Å². The first kappa shape index (κ1) is 16.8. The van der Waals surface area contributed by atoms with Crippen molar-refractivity contribution in [2.45, 2.75) is 33.6 Å². The lowest BCUT2D eigenvalue weighted by Crippen LogP contribution is -2.38. The van der Waals surface area contributed by atoms with Crippen LogP contribution >= 0.6 is 0 Å². The van der Waals surface area contributed by atoms with Crippen LogP contribution in [0.2, 0.25) is 0 Å². The minimum Gasteiger partial charge on any atom is -0.381 e. The molecule has 3 rings (SSSR count). The number of anilines is 1. The molecule has 0 aliphatic carbocycles. The SMILES string of the molecule is CCOCC1CCCN(c2nc(-c3ccncc3)nc(C)c2C)C1. The van der Waals surface area contributed by atoms with Crippen molar-refractivity contribution in [3.05, 3.63) is 35.8 Å². The van der Waals surface area contributed by atoms with Crippen LogP contribution in [0.25, 0.3) is 11.4 Å². The topological polar surface area (TPSA) is 51.1 Å². The van der Waals surface area contributed by atoms with Crippen molar-refractivity contribution in [1.82, 2.24) is 15.0 Å². The molecule has 128 valence electrons. The van der Waals surface area contributed by atoms with Gasteiger partial charge < -0.3 is 9.64 Å². The molecule has 5 nitrogen and oxygen atoms in total. The zero-order chi connectivity index (χ0) is 16.9. The van der Waals surface area contributed by atoms with Gasteiger partial charge in [0.05, 0.1) is 6.61 Å². The molecular weight excluding hydrogens is 300 g/mol. The molecule has 0 aromatic carbocycles. The van der Waals surface area contributed by atoms with Crippen LogP contribution in [0.3, 0.4) is 0 Å². The van der Waals surface area contributed by atoms with Crippen LogP contribution in [0.1, 0.15) is 31.0 Å². The Morgan fingerprint density at radius 3 is 2.75 bits per heavy atom. The molecule has 2 aromatic rings. The fraction of sp³-hybridized carbons (Fsp3) is 0.526. The van der Waals surface area contributed by atoms with E-state index >= 15 is 0 Å². The highest BCUT2D eigenvalue weighted by Gasteiger charge is 2.23. The molecule has 1 aliphatic heterocycles. The molecule has 0 N–H and O–H groups in total. The lowest BCUT2D eigenvalue weighted by molar-refractivity contribution is 0.104. The van der Waals surface area contributed by atoms with Crippen LogP contribution < -0.4 is 4.90 Å². The molecule has 5 heteroatoms. The Balaban J connectivity index is 1.88. The molecule has 0 saturated carbocycles. The molecule has 0 bridgehead atoms. The summed E-state index contributed by atoms with van der Waals surface area (Å²) in [5.41, 5.74) is 3.22. The van der Waals surface area contributed by atoms with E-state index in [1.165, 1.54) is 18.4 Å². The van der Waals surface area contributed by atoms with Crippen LogP contribution in [-0.2, 0) is 4.74 Å². The molecule has 24 heavy (non-hydrogen) atoms. The van der Waals surface area contributed by atoms with Gasteiger partial charge in [0.15, 0.2) is 5.82 Å². The Kier molecular flexibility index (Phi) is 5.41. The summed E-state index contributed by atoms with van der Waals surface area (Å²) in [5.74, 6) is 2.43. The predicted molar refractivity (Wildman–Crippen MR) is 96.2 cm³/mol. The van der Waals surface area contributed by atoms with Gasteiger partial charge in [0, 0.05) is 48.9 Å². The summed E-state index contributed by atoms with van der Waals surface area (Å²) in [4.78, 5) is 16.1. The molecule has 3 heterocycles. The Bertz CT molecular complexity index is 675. The van der Waals surface area contributed by atoms with Crippen molar-refractivity contribution in [2.75, 3.05) is 31.2 Å². The molecule has 1 aliphatic rings. The zero-order valence-corrected chi connectivity index (χ0v) is 14.8. The minimum absolute atomic E-state index is 0.581. The number of pyridine rings is 1. The molecule has 1 unspecified atom stereocenters. The number of ether oxygens (including phenoxy) is 1. The second-order valence-electron chi connectivity index (χ2n) is 6.43. The number of rotatable bonds is 5. The van der Waals surface area contributed by atoms with Gasteiger partial charge in [0.1, 0.15) is 5.82 Å². The summed E-state index contributed by atoms with van der Waals surface area (Å²) in [6.45, 7) is 9.92. The molecule has 1 fully saturated rings. The Morgan fingerprint density at radius 1 is 1.21 bits per heavy atom. The van der Waals surface area contributed by atoms with Crippen molar-refractivity contribution in [3.8, 4) is 11.4 Å². The van der Waals surface area contributed by atoms with Crippen molar-refractivity contribution in [3.63, 3.8) is 0 Å². The second-order valence-corrected chi connectivity index (χ2v) is 6.43. The molecule has 1 atom stereocenters. The quantitative estimate of drug-likeness (QED) is 0.843. The highest BCUT2D eigenvalue weighted by Crippen LogP contribution is 2.28. The summed E-state index contributed by atoms with van der Waals surface area (Å²) in [5, 5.41) is 0. The van der Waals surface area contributed by atoms with Crippen molar-refractivity contribution in [1.29, 1.82) is 0 Å². The van der Waals surface area contributed by atoms with E-state index in [-0.39, 0.29) is 0 Å². The monoisotopic (exact) mass is 326 g/mol. The van der Waals surface area contributed by atoms with Crippen LogP contribution in [0, 0.1) is 19.8 Å². The van der Waals surface area contributed by atoms with Crippen molar-refractivity contribution >= 4 is 5.82 Å². The summed E-state index contributed by atoms with van der Waals surface area (Å²) < 4.78 is 5.64. The number of piperidine rings is 1. The van der Waals surface area contributed by atoms with Crippen LogP contribution in [0.5, 0.6) is 0 Å². The second kappa shape index (κ2) is 7.71. The maximum Gasteiger partial charge on any atom is 0.161 e. The Hall–Kier alpha value is -2.01. The Morgan fingerprint density at radius 2 is 2.00 bits per heavy atom. The van der Waals surface area contributed by atoms with E-state index in [2.05, 4.69) is 35.6 Å². The fourth-order valence-corrected chi connectivity index (χ4v) is 3.23. The Labute approximate surface area is 144 Å². The van der Waals surface area contributed by atoms with E-state index in [4.69, 9.17) is 9.72 Å². The first-order chi connectivity index (χ1) is 11.7. The maximum atomic E-state index is 5.64. The third kappa shape index (κ3) is 3.73. The van der Waals surface area contributed by atoms with Crippen molar-refractivity contribution in [2.24, 2.45) is 5.92 Å². The highest BCUT2D eigenvalue weighted by molar-refractivity contribution is 5.60. The van der Waals surface area contributed by atoms with Crippen LogP contribution in [-0.4, -0.2) is 41.3 Å². The first-order valence-electron chi connectivity index (χ1n) is 8.77.